The van der Waals surface area contributed by atoms with Crippen LogP contribution >= 0.6 is 0 Å². The van der Waals surface area contributed by atoms with Crippen LogP contribution in [-0.4, -0.2) is 89.0 Å². The molecule has 0 bridgehead atoms. The Labute approximate surface area is 658 Å². The monoisotopic (exact) mass is 1510 g/mol. The molecule has 10 aromatic rings. The lowest BCUT2D eigenvalue weighted by Gasteiger charge is -2.19. The largest absolute Gasteiger partial charge is 0.507 e. The highest BCUT2D eigenvalue weighted by atomic mass is 16.5. The molecule has 0 fully saturated rings. The van der Waals surface area contributed by atoms with Crippen LogP contribution in [-0.2, 0) is 101 Å². The summed E-state index contributed by atoms with van der Waals surface area (Å²) in [6, 6.07) is 58.4. The Hall–Kier alpha value is -12.0. The lowest BCUT2D eigenvalue weighted by molar-refractivity contribution is -0.118. The molecule has 14 rings (SSSR count). The van der Waals surface area contributed by atoms with Gasteiger partial charge in [0.05, 0.1) is 28.4 Å². The zero-order valence-corrected chi connectivity index (χ0v) is 63.8. The van der Waals surface area contributed by atoms with Crippen molar-refractivity contribution in [3.05, 3.63) is 293 Å². The summed E-state index contributed by atoms with van der Waals surface area (Å²) in [7, 11) is 5.40. The Morgan fingerprint density at radius 1 is 0.384 bits per heavy atom. The van der Waals surface area contributed by atoms with Crippen molar-refractivity contribution in [2.45, 2.75) is 146 Å². The van der Waals surface area contributed by atoms with Crippen molar-refractivity contribution in [1.29, 1.82) is 0 Å². The quantitative estimate of drug-likeness (QED) is 0.0234. The summed E-state index contributed by atoms with van der Waals surface area (Å²) in [5.41, 5.74) is 25.6. The summed E-state index contributed by atoms with van der Waals surface area (Å²) in [5, 5.41) is 16.1. The molecular formula is C95H102N2O15. The molecule has 0 atom stereocenters. The van der Waals surface area contributed by atoms with Crippen molar-refractivity contribution in [1.82, 2.24) is 10.6 Å². The fourth-order valence-electron chi connectivity index (χ4n) is 15.3. The Bertz CT molecular complexity index is 5030. The molecule has 10 aromatic carbocycles. The number of phenolic OH excluding ortho intramolecular Hbond substituents is 1. The smallest absolute Gasteiger partial charge is 0.341 e. The standard InChI is InChI=1S/C30H34N2O4.C26H24O4.C25H24O3.C12H12O4.2CH4/c1-20-23(11-7-12-25(20)22-9-5-4-6-10-22)19-36-29-27-14-8-13-26(27)24(17-28(29)30(34)35-3)18-31-15-16-32-21(2)33;1-17-19(10-6-11-21(17)18-8-4-3-5-9-18)16-30-25-23-13-7-12-22(23)20(15-27)14-24(25)26(28)29-2;1-17-20(11-7-12-21(17)18-8-4-3-5-9-18)16-28-24-22-13-6-10-19(22)14-15-23(24)25(26)27-2;1-16-12(15)10-5-7(6-13)8-3-2-4-9(8)11(10)14;;/h4-7,9-12,17,31H,8,13-16,18-19H2,1-3H3,(H,32,33);3-6,8-11,14-15H,7,12-13,16H2,1-2H3;3-5,7-9,11-12,14-15H,6,10,13,16H2,1-2H3;5-6,14H,2-4H2,1H3;2*1H4. The minimum Gasteiger partial charge on any atom is -0.507 e. The van der Waals surface area contributed by atoms with Crippen molar-refractivity contribution in [2.24, 2.45) is 0 Å². The number of hydrogen-bond donors (Lipinski definition) is 3. The van der Waals surface area contributed by atoms with E-state index in [1.54, 1.807) is 6.07 Å². The zero-order chi connectivity index (χ0) is 77.8. The van der Waals surface area contributed by atoms with Gasteiger partial charge in [0.15, 0.2) is 0 Å². The van der Waals surface area contributed by atoms with Crippen LogP contribution in [0.15, 0.2) is 176 Å². The highest BCUT2D eigenvalue weighted by molar-refractivity contribution is 5.98. The van der Waals surface area contributed by atoms with Crippen LogP contribution in [0, 0.1) is 20.8 Å². The van der Waals surface area contributed by atoms with E-state index in [1.807, 2.05) is 84.9 Å². The molecule has 4 aliphatic carbocycles. The Morgan fingerprint density at radius 3 is 1.20 bits per heavy atom. The van der Waals surface area contributed by atoms with E-state index in [1.165, 1.54) is 85.9 Å². The van der Waals surface area contributed by atoms with Gasteiger partial charge in [-0.2, -0.15) is 0 Å². The summed E-state index contributed by atoms with van der Waals surface area (Å²) in [6.07, 6.45) is 12.4. The first kappa shape index (κ1) is 84.1. The van der Waals surface area contributed by atoms with E-state index in [0.29, 0.717) is 96.5 Å². The van der Waals surface area contributed by atoms with Gasteiger partial charge in [0.25, 0.3) is 0 Å². The second-order valence-corrected chi connectivity index (χ2v) is 27.6. The van der Waals surface area contributed by atoms with Gasteiger partial charge in [-0.1, -0.05) is 167 Å². The molecule has 1 amide bonds. The third kappa shape index (κ3) is 19.4. The summed E-state index contributed by atoms with van der Waals surface area (Å²) in [4.78, 5) is 82.4. The SMILES string of the molecule is C.C.COC(=O)c1cc(C=O)c2c(c1O)CCC2.COC(=O)c1cc(C=O)c2c(c1OCc1cccc(-c3ccccc3)c1C)CCC2.COC(=O)c1cc(CNCCNC(C)=O)c2c(c1OCc1cccc(-c3ccccc3)c1C)CCC2.COC(=O)c1ccc2c(c1OCc1cccc(-c3ccccc3)c1C)CCC2. The van der Waals surface area contributed by atoms with E-state index in [2.05, 4.69) is 115 Å². The van der Waals surface area contributed by atoms with Crippen molar-refractivity contribution in [3.8, 4) is 56.4 Å². The predicted octanol–water partition coefficient (Wildman–Crippen LogP) is 18.3. The number of nitrogens with one attached hydrogen (secondary N) is 2. The highest BCUT2D eigenvalue weighted by Crippen LogP contribution is 2.42. The van der Waals surface area contributed by atoms with Gasteiger partial charge < -0.3 is 48.9 Å². The maximum Gasteiger partial charge on any atom is 0.341 e. The van der Waals surface area contributed by atoms with Crippen LogP contribution in [0.5, 0.6) is 23.0 Å². The molecule has 0 saturated carbocycles. The molecule has 17 nitrogen and oxygen atoms in total. The Morgan fingerprint density at radius 2 is 0.750 bits per heavy atom. The van der Waals surface area contributed by atoms with Crippen LogP contribution in [0.1, 0.15) is 193 Å². The predicted molar refractivity (Wildman–Crippen MR) is 438 cm³/mol. The summed E-state index contributed by atoms with van der Waals surface area (Å²) >= 11 is 0. The topological polar surface area (TPSA) is 228 Å². The van der Waals surface area contributed by atoms with Crippen LogP contribution in [0.3, 0.4) is 0 Å². The van der Waals surface area contributed by atoms with Gasteiger partial charge in [-0.15, -0.1) is 0 Å². The van der Waals surface area contributed by atoms with Gasteiger partial charge in [0, 0.05) is 37.7 Å². The average molecular weight is 1510 g/mol. The third-order valence-corrected chi connectivity index (χ3v) is 21.0. The molecule has 0 aromatic heterocycles. The lowest BCUT2D eigenvalue weighted by Crippen LogP contribution is -2.30. The number of esters is 4. The van der Waals surface area contributed by atoms with Crippen molar-refractivity contribution >= 4 is 42.4 Å². The number of carbonyl (C=O) groups excluding carboxylic acids is 7. The molecule has 17 heteroatoms. The number of amides is 1. The number of benzene rings is 10. The summed E-state index contributed by atoms with van der Waals surface area (Å²) in [6.45, 7) is 10.8. The Kier molecular flexibility index (Phi) is 30.1. The van der Waals surface area contributed by atoms with Gasteiger partial charge in [-0.3, -0.25) is 14.4 Å². The first-order chi connectivity index (χ1) is 53.5. The third-order valence-electron chi connectivity index (χ3n) is 21.0. The summed E-state index contributed by atoms with van der Waals surface area (Å²) in [5.74, 6) is -0.0559. The number of hydrogen-bond acceptors (Lipinski definition) is 16. The maximum absolute atomic E-state index is 12.8. The van der Waals surface area contributed by atoms with E-state index in [0.717, 1.165) is 150 Å². The van der Waals surface area contributed by atoms with E-state index in [4.69, 9.17) is 28.4 Å². The van der Waals surface area contributed by atoms with Gasteiger partial charge in [-0.05, 0) is 239 Å². The number of fused-ring (bicyclic) bond motifs is 4. The van der Waals surface area contributed by atoms with Gasteiger partial charge >= 0.3 is 23.9 Å². The van der Waals surface area contributed by atoms with Crippen molar-refractivity contribution in [2.75, 3.05) is 41.5 Å². The van der Waals surface area contributed by atoms with Crippen LogP contribution in [0.4, 0.5) is 0 Å². The van der Waals surface area contributed by atoms with E-state index in [9.17, 15) is 38.7 Å². The second-order valence-electron chi connectivity index (χ2n) is 27.6. The normalized spacial score (nSPS) is 12.2. The van der Waals surface area contributed by atoms with Gasteiger partial charge in [-0.25, -0.2) is 19.2 Å². The molecule has 0 radical (unpaired) electrons. The number of aryl methyl sites for hydroxylation is 1. The molecule has 0 aliphatic heterocycles. The molecule has 582 valence electrons. The average Bonchev–Trinajstić information content (AvgIpc) is 1.49. The number of aromatic hydroxyl groups is 1. The number of phenols is 1. The van der Waals surface area contributed by atoms with Gasteiger partial charge in [0.1, 0.15) is 77.6 Å². The van der Waals surface area contributed by atoms with E-state index >= 15 is 0 Å². The molecule has 4 aliphatic rings. The van der Waals surface area contributed by atoms with Crippen molar-refractivity contribution < 1.29 is 71.8 Å². The van der Waals surface area contributed by atoms with Crippen LogP contribution in [0.2, 0.25) is 0 Å². The van der Waals surface area contributed by atoms with Crippen LogP contribution in [0.25, 0.3) is 33.4 Å². The molecule has 0 heterocycles. The van der Waals surface area contributed by atoms with E-state index < -0.39 is 17.9 Å². The second kappa shape index (κ2) is 40.1. The Balaban J connectivity index is 0.000000175. The number of methoxy groups -OCH3 is 4. The maximum atomic E-state index is 12.8. The van der Waals surface area contributed by atoms with Crippen LogP contribution < -0.4 is 24.8 Å². The minimum atomic E-state index is -0.615. The summed E-state index contributed by atoms with van der Waals surface area (Å²) < 4.78 is 38.5. The van der Waals surface area contributed by atoms with Gasteiger partial charge in [0.2, 0.25) is 5.91 Å². The zero-order valence-electron chi connectivity index (χ0n) is 63.8. The first-order valence-corrected chi connectivity index (χ1v) is 37.4. The molecule has 0 spiro atoms. The molecular weight excluding hydrogens is 1410 g/mol. The molecule has 112 heavy (non-hydrogen) atoms. The van der Waals surface area contributed by atoms with Crippen molar-refractivity contribution in [3.63, 3.8) is 0 Å². The molecule has 3 N–H and O–H groups in total. The fourth-order valence-corrected chi connectivity index (χ4v) is 15.3. The fraction of sp³-hybridized carbons (Fsp3) is 0.295. The molecule has 0 unspecified atom stereocenters. The minimum absolute atomic E-state index is 0. The number of rotatable bonds is 23. The highest BCUT2D eigenvalue weighted by Gasteiger charge is 2.31. The first-order valence-electron chi connectivity index (χ1n) is 37.4. The number of aldehydes is 2. The lowest BCUT2D eigenvalue weighted by atomic mass is 9.96. The number of carbonyl (C=O) groups is 7. The molecule has 0 saturated heterocycles. The number of ether oxygens (including phenoxy) is 7. The van der Waals surface area contributed by atoms with E-state index in [-0.39, 0.29) is 38.0 Å².